The van der Waals surface area contributed by atoms with Gasteiger partial charge >= 0.3 is 0 Å². The molecule has 1 aliphatic heterocycles. The van der Waals surface area contributed by atoms with Crippen LogP contribution in [0.1, 0.15) is 18.5 Å². The van der Waals surface area contributed by atoms with Crippen LogP contribution in [-0.4, -0.2) is 56.4 Å². The predicted molar refractivity (Wildman–Crippen MR) is 148 cm³/mol. The Bertz CT molecular complexity index is 1420. The van der Waals surface area contributed by atoms with Crippen LogP contribution in [0.4, 0.5) is 17.1 Å². The molecular formula is C26H32N4O5S2. The van der Waals surface area contributed by atoms with E-state index < -0.39 is 26.1 Å². The van der Waals surface area contributed by atoms with Crippen LogP contribution in [0.5, 0.6) is 5.75 Å². The Morgan fingerprint density at radius 1 is 0.838 bits per heavy atom. The zero-order chi connectivity index (χ0) is 26.6. The average Bonchev–Trinajstić information content (AvgIpc) is 2.88. The lowest BCUT2D eigenvalue weighted by Gasteiger charge is -2.38. The van der Waals surface area contributed by atoms with Crippen molar-refractivity contribution in [1.82, 2.24) is 4.72 Å². The Morgan fingerprint density at radius 3 is 2.05 bits per heavy atom. The first kappa shape index (κ1) is 26.8. The van der Waals surface area contributed by atoms with Crippen molar-refractivity contribution >= 4 is 37.1 Å². The highest BCUT2D eigenvalue weighted by Crippen LogP contribution is 2.32. The summed E-state index contributed by atoms with van der Waals surface area (Å²) in [6.45, 7) is 4.37. The number of ether oxygens (including phenoxy) is 1. The minimum Gasteiger partial charge on any atom is -0.497 e. The number of benzene rings is 3. The van der Waals surface area contributed by atoms with Crippen molar-refractivity contribution in [2.24, 2.45) is 0 Å². The Kier molecular flexibility index (Phi) is 7.96. The Balaban J connectivity index is 1.60. The standard InChI is InChI=1S/C26H32N4O5S2/c1-20(21-7-5-4-6-8-21)27-37(33,34)26-19-22(28-36(3,31)32)9-14-25(26)30-17-15-29(16-18-30)23-10-12-24(35-2)13-11-23/h4-14,19-20,27-28H,15-18H2,1-3H3/t20-/m1/s1. The van der Waals surface area contributed by atoms with Gasteiger partial charge in [0.05, 0.1) is 19.1 Å². The molecule has 1 fully saturated rings. The zero-order valence-electron chi connectivity index (χ0n) is 21.1. The first-order valence-corrected chi connectivity index (χ1v) is 15.3. The van der Waals surface area contributed by atoms with Gasteiger partial charge in [0.25, 0.3) is 0 Å². The fraction of sp³-hybridized carbons (Fsp3) is 0.308. The van der Waals surface area contributed by atoms with Gasteiger partial charge < -0.3 is 14.5 Å². The number of nitrogens with zero attached hydrogens (tertiary/aromatic N) is 2. The maximum Gasteiger partial charge on any atom is 0.243 e. The summed E-state index contributed by atoms with van der Waals surface area (Å²) in [6, 6.07) is 21.3. The topological polar surface area (TPSA) is 108 Å². The highest BCUT2D eigenvalue weighted by atomic mass is 32.2. The van der Waals surface area contributed by atoms with Crippen molar-refractivity contribution in [3.8, 4) is 5.75 Å². The summed E-state index contributed by atoms with van der Waals surface area (Å²) in [5.74, 6) is 0.789. The molecule has 0 radical (unpaired) electrons. The van der Waals surface area contributed by atoms with Gasteiger partial charge in [-0.1, -0.05) is 30.3 Å². The molecule has 9 nitrogen and oxygen atoms in total. The van der Waals surface area contributed by atoms with Crippen LogP contribution in [-0.2, 0) is 20.0 Å². The van der Waals surface area contributed by atoms with Crippen molar-refractivity contribution in [2.75, 3.05) is 54.1 Å². The van der Waals surface area contributed by atoms with E-state index in [-0.39, 0.29) is 10.6 Å². The third-order valence-electron chi connectivity index (χ3n) is 6.24. The number of hydrogen-bond donors (Lipinski definition) is 2. The van der Waals surface area contributed by atoms with Crippen LogP contribution < -0.4 is 24.0 Å². The van der Waals surface area contributed by atoms with Crippen LogP contribution in [0.2, 0.25) is 0 Å². The van der Waals surface area contributed by atoms with Gasteiger partial charge in [0.15, 0.2) is 0 Å². The smallest absolute Gasteiger partial charge is 0.243 e. The first-order valence-electron chi connectivity index (χ1n) is 11.9. The molecule has 0 saturated carbocycles. The largest absolute Gasteiger partial charge is 0.497 e. The van der Waals surface area contributed by atoms with E-state index in [0.29, 0.717) is 31.9 Å². The van der Waals surface area contributed by atoms with Crippen LogP contribution in [0.3, 0.4) is 0 Å². The summed E-state index contributed by atoms with van der Waals surface area (Å²) in [6.07, 6.45) is 1.03. The Labute approximate surface area is 219 Å². The average molecular weight is 545 g/mol. The summed E-state index contributed by atoms with van der Waals surface area (Å²) < 4.78 is 61.2. The Hall–Kier alpha value is -3.28. The van der Waals surface area contributed by atoms with E-state index in [1.807, 2.05) is 59.5 Å². The van der Waals surface area contributed by atoms with Gasteiger partial charge in [-0.25, -0.2) is 21.6 Å². The molecule has 4 rings (SSSR count). The quantitative estimate of drug-likeness (QED) is 0.425. The molecule has 0 spiro atoms. The summed E-state index contributed by atoms with van der Waals surface area (Å²) in [5, 5.41) is 0. The molecule has 3 aromatic rings. The molecule has 0 bridgehead atoms. The summed E-state index contributed by atoms with van der Waals surface area (Å²) >= 11 is 0. The zero-order valence-corrected chi connectivity index (χ0v) is 22.7. The number of rotatable bonds is 9. The number of methoxy groups -OCH3 is 1. The third-order valence-corrected chi connectivity index (χ3v) is 8.42. The number of anilines is 3. The molecule has 11 heteroatoms. The van der Waals surface area contributed by atoms with E-state index in [4.69, 9.17) is 4.74 Å². The van der Waals surface area contributed by atoms with Gasteiger partial charge in [-0.2, -0.15) is 0 Å². The maximum atomic E-state index is 13.6. The van der Waals surface area contributed by atoms with E-state index in [2.05, 4.69) is 14.3 Å². The second-order valence-corrected chi connectivity index (χ2v) is 12.4. The second-order valence-electron chi connectivity index (χ2n) is 8.98. The van der Waals surface area contributed by atoms with Gasteiger partial charge in [0, 0.05) is 43.6 Å². The fourth-order valence-corrected chi connectivity index (χ4v) is 6.41. The van der Waals surface area contributed by atoms with Crippen LogP contribution in [0.15, 0.2) is 77.7 Å². The molecule has 2 N–H and O–H groups in total. The lowest BCUT2D eigenvalue weighted by Crippen LogP contribution is -2.47. The minimum atomic E-state index is -3.99. The lowest BCUT2D eigenvalue weighted by atomic mass is 10.1. The van der Waals surface area contributed by atoms with Crippen LogP contribution >= 0.6 is 0 Å². The van der Waals surface area contributed by atoms with Gasteiger partial charge in [-0.15, -0.1) is 0 Å². The highest BCUT2D eigenvalue weighted by molar-refractivity contribution is 7.92. The second kappa shape index (κ2) is 11.0. The van der Waals surface area contributed by atoms with Crippen LogP contribution in [0.25, 0.3) is 0 Å². The molecule has 0 aromatic heterocycles. The summed E-state index contributed by atoms with van der Waals surface area (Å²) in [5.41, 5.74) is 2.61. The Morgan fingerprint density at radius 2 is 1.46 bits per heavy atom. The van der Waals surface area contributed by atoms with Crippen molar-refractivity contribution in [1.29, 1.82) is 0 Å². The van der Waals surface area contributed by atoms with Gasteiger partial charge in [0.1, 0.15) is 10.6 Å². The molecule has 198 valence electrons. The number of hydrogen-bond acceptors (Lipinski definition) is 7. The van der Waals surface area contributed by atoms with Crippen molar-refractivity contribution < 1.29 is 21.6 Å². The molecule has 1 aliphatic rings. The van der Waals surface area contributed by atoms with Crippen molar-refractivity contribution in [3.63, 3.8) is 0 Å². The minimum absolute atomic E-state index is 0.0295. The SMILES string of the molecule is COc1ccc(N2CCN(c3ccc(NS(C)(=O)=O)cc3S(=O)(=O)N[C@H](C)c3ccccc3)CC2)cc1. The molecule has 1 saturated heterocycles. The molecular weight excluding hydrogens is 512 g/mol. The molecule has 0 aliphatic carbocycles. The van der Waals surface area contributed by atoms with E-state index >= 15 is 0 Å². The lowest BCUT2D eigenvalue weighted by molar-refractivity contribution is 0.415. The predicted octanol–water partition coefficient (Wildman–Crippen LogP) is 3.43. The molecule has 3 aromatic carbocycles. The first-order chi connectivity index (χ1) is 17.6. The summed E-state index contributed by atoms with van der Waals surface area (Å²) in [4.78, 5) is 4.28. The van der Waals surface area contributed by atoms with Gasteiger partial charge in [-0.05, 0) is 55.0 Å². The molecule has 0 unspecified atom stereocenters. The van der Waals surface area contributed by atoms with Crippen LogP contribution in [0, 0.1) is 0 Å². The van der Waals surface area contributed by atoms with E-state index in [9.17, 15) is 16.8 Å². The molecule has 1 atom stereocenters. The summed E-state index contributed by atoms with van der Waals surface area (Å²) in [7, 11) is -5.94. The van der Waals surface area contributed by atoms with Crippen molar-refractivity contribution in [3.05, 3.63) is 78.4 Å². The van der Waals surface area contributed by atoms with Crippen molar-refractivity contribution in [2.45, 2.75) is 17.9 Å². The van der Waals surface area contributed by atoms with E-state index in [0.717, 1.165) is 23.3 Å². The van der Waals surface area contributed by atoms with Gasteiger partial charge in [-0.3, -0.25) is 4.72 Å². The van der Waals surface area contributed by atoms with E-state index in [1.54, 1.807) is 26.2 Å². The number of nitrogens with one attached hydrogen (secondary N) is 2. The third kappa shape index (κ3) is 6.73. The van der Waals surface area contributed by atoms with Gasteiger partial charge in [0.2, 0.25) is 20.0 Å². The monoisotopic (exact) mass is 544 g/mol. The normalized spacial score (nSPS) is 15.3. The molecule has 1 heterocycles. The highest BCUT2D eigenvalue weighted by Gasteiger charge is 2.27. The molecule has 37 heavy (non-hydrogen) atoms. The molecule has 0 amide bonds. The maximum absolute atomic E-state index is 13.6. The fourth-order valence-electron chi connectivity index (χ4n) is 4.37. The number of piperazine rings is 1. The van der Waals surface area contributed by atoms with E-state index in [1.165, 1.54) is 6.07 Å². The number of sulfonamides is 2.